The Morgan fingerprint density at radius 1 is 1.47 bits per heavy atom. The number of hydrogen-bond acceptors (Lipinski definition) is 4. The highest BCUT2D eigenvalue weighted by atomic mass is 15.3. The van der Waals surface area contributed by atoms with E-state index in [4.69, 9.17) is 0 Å². The number of hydrogen-bond donors (Lipinski definition) is 1. The van der Waals surface area contributed by atoms with Crippen LogP contribution in [0.15, 0.2) is 18.7 Å². The van der Waals surface area contributed by atoms with Crippen LogP contribution in [0.1, 0.15) is 11.4 Å². The third kappa shape index (κ3) is 2.41. The minimum absolute atomic E-state index is 0.694. The minimum Gasteiger partial charge on any atom is -0.313 e. The summed E-state index contributed by atoms with van der Waals surface area (Å²) in [6.07, 6.45) is 5.54. The van der Waals surface area contributed by atoms with Crippen LogP contribution in [-0.2, 0) is 20.1 Å². The number of aromatic nitrogens is 5. The van der Waals surface area contributed by atoms with E-state index < -0.39 is 0 Å². The summed E-state index contributed by atoms with van der Waals surface area (Å²) < 4.78 is 3.59. The van der Waals surface area contributed by atoms with E-state index in [-0.39, 0.29) is 0 Å². The average Bonchev–Trinajstić information content (AvgIpc) is 2.78. The summed E-state index contributed by atoms with van der Waals surface area (Å²) in [7, 11) is 3.78. The van der Waals surface area contributed by atoms with Gasteiger partial charge in [0.1, 0.15) is 6.33 Å². The molecule has 2 aromatic heterocycles. The predicted octanol–water partition coefficient (Wildman–Crippen LogP) is -0.221. The van der Waals surface area contributed by atoms with Crippen LogP contribution in [0.4, 0.5) is 0 Å². The zero-order chi connectivity index (χ0) is 10.7. The SMILES string of the molecule is CNCc1ncn(Cc2cnn(C)c2)n1. The lowest BCUT2D eigenvalue weighted by atomic mass is 10.4. The normalized spacial score (nSPS) is 10.8. The van der Waals surface area contributed by atoms with Crippen LogP contribution in [0.25, 0.3) is 0 Å². The molecule has 0 saturated carbocycles. The van der Waals surface area contributed by atoms with Crippen LogP contribution in [0.3, 0.4) is 0 Å². The second-order valence-corrected chi connectivity index (χ2v) is 3.41. The van der Waals surface area contributed by atoms with E-state index >= 15 is 0 Å². The fourth-order valence-electron chi connectivity index (χ4n) is 1.39. The van der Waals surface area contributed by atoms with Gasteiger partial charge in [0.15, 0.2) is 5.82 Å². The minimum atomic E-state index is 0.694. The summed E-state index contributed by atoms with van der Waals surface area (Å²) in [4.78, 5) is 4.17. The molecule has 2 heterocycles. The van der Waals surface area contributed by atoms with E-state index in [1.807, 2.05) is 31.2 Å². The molecule has 0 fully saturated rings. The van der Waals surface area contributed by atoms with Crippen molar-refractivity contribution >= 4 is 0 Å². The molecule has 1 N–H and O–H groups in total. The second-order valence-electron chi connectivity index (χ2n) is 3.41. The van der Waals surface area contributed by atoms with Crippen LogP contribution in [0, 0.1) is 0 Å². The molecule has 0 unspecified atom stereocenters. The van der Waals surface area contributed by atoms with E-state index in [2.05, 4.69) is 20.5 Å². The number of rotatable bonds is 4. The van der Waals surface area contributed by atoms with Gasteiger partial charge in [-0.1, -0.05) is 0 Å². The van der Waals surface area contributed by atoms with Crippen molar-refractivity contribution in [2.75, 3.05) is 7.05 Å². The highest BCUT2D eigenvalue weighted by molar-refractivity contribution is 5.03. The van der Waals surface area contributed by atoms with Gasteiger partial charge in [0.05, 0.1) is 19.3 Å². The largest absolute Gasteiger partial charge is 0.313 e. The third-order valence-electron chi connectivity index (χ3n) is 2.02. The van der Waals surface area contributed by atoms with E-state index in [9.17, 15) is 0 Å². The van der Waals surface area contributed by atoms with Gasteiger partial charge >= 0.3 is 0 Å². The Morgan fingerprint density at radius 3 is 3.00 bits per heavy atom. The fraction of sp³-hybridized carbons (Fsp3) is 0.444. The van der Waals surface area contributed by atoms with Gasteiger partial charge < -0.3 is 5.32 Å². The van der Waals surface area contributed by atoms with Gasteiger partial charge in [-0.2, -0.15) is 10.2 Å². The van der Waals surface area contributed by atoms with Crippen molar-refractivity contribution < 1.29 is 0 Å². The van der Waals surface area contributed by atoms with Gasteiger partial charge in [-0.25, -0.2) is 9.67 Å². The number of aryl methyl sites for hydroxylation is 1. The lowest BCUT2D eigenvalue weighted by Crippen LogP contribution is -2.08. The molecule has 6 nitrogen and oxygen atoms in total. The zero-order valence-electron chi connectivity index (χ0n) is 8.88. The first-order valence-electron chi connectivity index (χ1n) is 4.78. The van der Waals surface area contributed by atoms with Crippen LogP contribution >= 0.6 is 0 Å². The van der Waals surface area contributed by atoms with Crippen molar-refractivity contribution in [3.05, 3.63) is 30.1 Å². The maximum Gasteiger partial charge on any atom is 0.164 e. The molecule has 0 atom stereocenters. The molecular formula is C9H14N6. The Bertz CT molecular complexity index is 429. The highest BCUT2D eigenvalue weighted by Crippen LogP contribution is 1.99. The first kappa shape index (κ1) is 9.85. The molecule has 80 valence electrons. The summed E-state index contributed by atoms with van der Waals surface area (Å²) in [6.45, 7) is 1.41. The summed E-state index contributed by atoms with van der Waals surface area (Å²) in [6, 6.07) is 0. The number of nitrogens with one attached hydrogen (secondary N) is 1. The molecule has 0 saturated heterocycles. The zero-order valence-corrected chi connectivity index (χ0v) is 8.88. The van der Waals surface area contributed by atoms with Crippen LogP contribution in [-0.4, -0.2) is 31.6 Å². The predicted molar refractivity (Wildman–Crippen MR) is 55.1 cm³/mol. The molecule has 0 amide bonds. The van der Waals surface area contributed by atoms with Crippen LogP contribution in [0.2, 0.25) is 0 Å². The molecule has 2 aromatic rings. The quantitative estimate of drug-likeness (QED) is 0.751. The van der Waals surface area contributed by atoms with Gasteiger partial charge in [-0.15, -0.1) is 0 Å². The molecule has 0 aliphatic heterocycles. The molecular weight excluding hydrogens is 192 g/mol. The summed E-state index contributed by atoms with van der Waals surface area (Å²) in [5.74, 6) is 0.807. The van der Waals surface area contributed by atoms with Crippen molar-refractivity contribution in [3.8, 4) is 0 Å². The summed E-state index contributed by atoms with van der Waals surface area (Å²) in [5.41, 5.74) is 1.12. The van der Waals surface area contributed by atoms with Gasteiger partial charge in [0.2, 0.25) is 0 Å². The average molecular weight is 206 g/mol. The lowest BCUT2D eigenvalue weighted by molar-refractivity contribution is 0.658. The Morgan fingerprint density at radius 2 is 2.33 bits per heavy atom. The fourth-order valence-corrected chi connectivity index (χ4v) is 1.39. The summed E-state index contributed by atoms with van der Waals surface area (Å²) >= 11 is 0. The molecule has 15 heavy (non-hydrogen) atoms. The molecule has 0 bridgehead atoms. The van der Waals surface area contributed by atoms with Crippen molar-refractivity contribution in [1.82, 2.24) is 29.9 Å². The molecule has 0 aliphatic carbocycles. The Kier molecular flexibility index (Phi) is 2.77. The molecule has 0 radical (unpaired) electrons. The molecule has 0 aromatic carbocycles. The number of nitrogens with zero attached hydrogens (tertiary/aromatic N) is 5. The van der Waals surface area contributed by atoms with Crippen molar-refractivity contribution in [2.24, 2.45) is 7.05 Å². The lowest BCUT2D eigenvalue weighted by Gasteiger charge is -1.95. The third-order valence-corrected chi connectivity index (χ3v) is 2.02. The van der Waals surface area contributed by atoms with Gasteiger partial charge in [-0.05, 0) is 7.05 Å². The van der Waals surface area contributed by atoms with E-state index in [1.54, 1.807) is 11.0 Å². The standard InChI is InChI=1S/C9H14N6/c1-10-4-9-11-7-15(13-9)6-8-3-12-14(2)5-8/h3,5,7,10H,4,6H2,1-2H3. The van der Waals surface area contributed by atoms with Gasteiger partial charge in [-0.3, -0.25) is 4.68 Å². The van der Waals surface area contributed by atoms with Crippen molar-refractivity contribution in [1.29, 1.82) is 0 Å². The first-order chi connectivity index (χ1) is 7.28. The van der Waals surface area contributed by atoms with Crippen molar-refractivity contribution in [2.45, 2.75) is 13.1 Å². The molecule has 2 rings (SSSR count). The first-order valence-corrected chi connectivity index (χ1v) is 4.78. The Balaban J connectivity index is 2.04. The van der Waals surface area contributed by atoms with Gasteiger partial charge in [0.25, 0.3) is 0 Å². The summed E-state index contributed by atoms with van der Waals surface area (Å²) in [5, 5.41) is 11.4. The smallest absolute Gasteiger partial charge is 0.164 e. The monoisotopic (exact) mass is 206 g/mol. The highest BCUT2D eigenvalue weighted by Gasteiger charge is 2.01. The second kappa shape index (κ2) is 4.22. The topological polar surface area (TPSA) is 60.6 Å². The molecule has 0 spiro atoms. The van der Waals surface area contributed by atoms with Crippen LogP contribution < -0.4 is 5.32 Å². The Labute approximate surface area is 87.9 Å². The molecule has 0 aliphatic rings. The maximum atomic E-state index is 4.31. The maximum absolute atomic E-state index is 4.31. The van der Waals surface area contributed by atoms with Gasteiger partial charge in [0, 0.05) is 18.8 Å². The molecule has 6 heteroatoms. The van der Waals surface area contributed by atoms with Crippen molar-refractivity contribution in [3.63, 3.8) is 0 Å². The van der Waals surface area contributed by atoms with Crippen LogP contribution in [0.5, 0.6) is 0 Å². The van der Waals surface area contributed by atoms with E-state index in [0.717, 1.165) is 11.4 Å². The van der Waals surface area contributed by atoms with E-state index in [1.165, 1.54) is 0 Å². The van der Waals surface area contributed by atoms with E-state index in [0.29, 0.717) is 13.1 Å². The Hall–Kier alpha value is -1.69.